The molecule has 1 heterocycles. The normalized spacial score (nSPS) is 17.5. The third-order valence-electron chi connectivity index (χ3n) is 3.76. The van der Waals surface area contributed by atoms with Crippen LogP contribution in [0, 0.1) is 0 Å². The van der Waals surface area contributed by atoms with E-state index in [2.05, 4.69) is 0 Å². The minimum atomic E-state index is -3.25. The first kappa shape index (κ1) is 18.8. The molecule has 1 aromatic rings. The molecule has 0 saturated carbocycles. The molecule has 1 saturated heterocycles. The van der Waals surface area contributed by atoms with Crippen molar-refractivity contribution in [2.24, 2.45) is 0 Å². The van der Waals surface area contributed by atoms with Crippen LogP contribution < -0.4 is 0 Å². The van der Waals surface area contributed by atoms with Crippen LogP contribution in [-0.4, -0.2) is 72.3 Å². The monoisotopic (exact) mass is 372 g/mol. The van der Waals surface area contributed by atoms with Gasteiger partial charge in [0.2, 0.25) is 10.0 Å². The zero-order chi connectivity index (χ0) is 17.9. The van der Waals surface area contributed by atoms with Crippen LogP contribution in [-0.2, 0) is 14.8 Å². The Morgan fingerprint density at radius 3 is 2.29 bits per heavy atom. The third kappa shape index (κ3) is 4.49. The van der Waals surface area contributed by atoms with Gasteiger partial charge >= 0.3 is 5.97 Å². The van der Waals surface area contributed by atoms with Crippen molar-refractivity contribution in [1.82, 2.24) is 9.21 Å². The molecule has 0 spiro atoms. The van der Waals surface area contributed by atoms with E-state index in [9.17, 15) is 18.0 Å². The fourth-order valence-electron chi connectivity index (χ4n) is 2.38. The van der Waals surface area contributed by atoms with Gasteiger partial charge in [-0.1, -0.05) is 12.1 Å². The van der Waals surface area contributed by atoms with Gasteiger partial charge in [0.05, 0.1) is 11.8 Å². The molecule has 1 amide bonds. The van der Waals surface area contributed by atoms with Crippen LogP contribution in [0.5, 0.6) is 0 Å². The van der Waals surface area contributed by atoms with E-state index in [1.54, 1.807) is 36.1 Å². The Morgan fingerprint density at radius 2 is 1.75 bits per heavy atom. The molecule has 132 valence electrons. The average molecular weight is 372 g/mol. The van der Waals surface area contributed by atoms with Gasteiger partial charge in [-0.05, 0) is 19.1 Å². The molecule has 24 heavy (non-hydrogen) atoms. The number of nitrogens with zero attached hydrogens (tertiary/aromatic N) is 2. The number of piperazine rings is 1. The Morgan fingerprint density at radius 1 is 1.17 bits per heavy atom. The second-order valence-electron chi connectivity index (χ2n) is 5.55. The SMILES string of the molecule is CC(Sc1ccccc1C(=O)N1CCN(S(C)(=O)=O)CC1)C(=O)O. The number of hydrogen-bond acceptors (Lipinski definition) is 5. The average Bonchev–Trinajstić information content (AvgIpc) is 2.54. The molecule has 2 rings (SSSR count). The largest absolute Gasteiger partial charge is 0.480 e. The highest BCUT2D eigenvalue weighted by molar-refractivity contribution is 8.00. The quantitative estimate of drug-likeness (QED) is 0.774. The van der Waals surface area contributed by atoms with Gasteiger partial charge in [0.25, 0.3) is 5.91 Å². The molecule has 1 aliphatic heterocycles. The number of carbonyl (C=O) groups is 2. The summed E-state index contributed by atoms with van der Waals surface area (Å²) in [7, 11) is -3.25. The van der Waals surface area contributed by atoms with Crippen molar-refractivity contribution in [2.75, 3.05) is 32.4 Å². The van der Waals surface area contributed by atoms with Crippen LogP contribution >= 0.6 is 11.8 Å². The lowest BCUT2D eigenvalue weighted by molar-refractivity contribution is -0.136. The molecule has 0 radical (unpaired) electrons. The lowest BCUT2D eigenvalue weighted by atomic mass is 10.2. The number of hydrogen-bond donors (Lipinski definition) is 1. The van der Waals surface area contributed by atoms with E-state index >= 15 is 0 Å². The fourth-order valence-corrected chi connectivity index (χ4v) is 4.13. The summed E-state index contributed by atoms with van der Waals surface area (Å²) >= 11 is 1.12. The van der Waals surface area contributed by atoms with Gasteiger partial charge in [-0.25, -0.2) is 8.42 Å². The molecule has 0 aromatic heterocycles. The number of benzene rings is 1. The Hall–Kier alpha value is -1.58. The molecule has 1 aromatic carbocycles. The van der Waals surface area contributed by atoms with Gasteiger partial charge in [-0.15, -0.1) is 11.8 Å². The minimum absolute atomic E-state index is 0.205. The molecule has 9 heteroatoms. The molecule has 0 bridgehead atoms. The van der Waals surface area contributed by atoms with Crippen molar-refractivity contribution < 1.29 is 23.1 Å². The first-order chi connectivity index (χ1) is 11.2. The number of carboxylic acids is 1. The van der Waals surface area contributed by atoms with Crippen molar-refractivity contribution >= 4 is 33.7 Å². The highest BCUT2D eigenvalue weighted by atomic mass is 32.2. The Bertz CT molecular complexity index is 727. The van der Waals surface area contributed by atoms with Crippen molar-refractivity contribution in [3.63, 3.8) is 0 Å². The molecule has 7 nitrogen and oxygen atoms in total. The summed E-state index contributed by atoms with van der Waals surface area (Å²) < 4.78 is 24.4. The first-order valence-electron chi connectivity index (χ1n) is 7.43. The predicted octanol–water partition coefficient (Wildman–Crippen LogP) is 0.969. The van der Waals surface area contributed by atoms with E-state index in [0.29, 0.717) is 23.5 Å². The number of thioether (sulfide) groups is 1. The van der Waals surface area contributed by atoms with Crippen molar-refractivity contribution in [1.29, 1.82) is 0 Å². The lowest BCUT2D eigenvalue weighted by Crippen LogP contribution is -2.50. The maximum atomic E-state index is 12.7. The Kier molecular flexibility index (Phi) is 5.89. The van der Waals surface area contributed by atoms with Crippen molar-refractivity contribution in [2.45, 2.75) is 17.1 Å². The van der Waals surface area contributed by atoms with Gasteiger partial charge in [0.1, 0.15) is 5.25 Å². The maximum Gasteiger partial charge on any atom is 0.316 e. The van der Waals surface area contributed by atoms with Crippen LogP contribution in [0.2, 0.25) is 0 Å². The van der Waals surface area contributed by atoms with Gasteiger partial charge in [0.15, 0.2) is 0 Å². The lowest BCUT2D eigenvalue weighted by Gasteiger charge is -2.33. The van der Waals surface area contributed by atoms with E-state index in [4.69, 9.17) is 5.11 Å². The molecule has 1 aliphatic rings. The number of amides is 1. The van der Waals surface area contributed by atoms with Gasteiger partial charge in [-0.2, -0.15) is 4.31 Å². The number of aliphatic carboxylic acids is 1. The van der Waals surface area contributed by atoms with E-state index in [1.165, 1.54) is 4.31 Å². The fraction of sp³-hybridized carbons (Fsp3) is 0.467. The Balaban J connectivity index is 2.12. The molecule has 1 fully saturated rings. The highest BCUT2D eigenvalue weighted by Crippen LogP contribution is 2.28. The molecular weight excluding hydrogens is 352 g/mol. The van der Waals surface area contributed by atoms with Gasteiger partial charge < -0.3 is 10.0 Å². The number of rotatable bonds is 5. The van der Waals surface area contributed by atoms with E-state index in [1.807, 2.05) is 0 Å². The second-order valence-corrected chi connectivity index (χ2v) is 8.91. The standard InChI is InChI=1S/C15H20N2O5S2/c1-11(15(19)20)23-13-6-4-3-5-12(13)14(18)16-7-9-17(10-8-16)24(2,21)22/h3-6,11H,7-10H2,1-2H3,(H,19,20). The molecule has 0 aliphatic carbocycles. The number of carbonyl (C=O) groups excluding carboxylic acids is 1. The smallest absolute Gasteiger partial charge is 0.316 e. The van der Waals surface area contributed by atoms with Gasteiger partial charge in [0, 0.05) is 31.1 Å². The molecule has 1 atom stereocenters. The summed E-state index contributed by atoms with van der Waals surface area (Å²) in [6, 6.07) is 6.89. The van der Waals surface area contributed by atoms with Crippen LogP contribution in [0.15, 0.2) is 29.2 Å². The topological polar surface area (TPSA) is 95.0 Å². The van der Waals surface area contributed by atoms with E-state index < -0.39 is 21.2 Å². The summed E-state index contributed by atoms with van der Waals surface area (Å²) in [6.07, 6.45) is 1.16. The van der Waals surface area contributed by atoms with E-state index in [0.717, 1.165) is 18.0 Å². The summed E-state index contributed by atoms with van der Waals surface area (Å²) in [5, 5.41) is 8.38. The minimum Gasteiger partial charge on any atom is -0.480 e. The maximum absolute atomic E-state index is 12.7. The first-order valence-corrected chi connectivity index (χ1v) is 10.2. The number of carboxylic acid groups (broad SMARTS) is 1. The summed E-state index contributed by atoms with van der Waals surface area (Å²) in [5.74, 6) is -1.15. The van der Waals surface area contributed by atoms with Gasteiger partial charge in [-0.3, -0.25) is 9.59 Å². The van der Waals surface area contributed by atoms with E-state index in [-0.39, 0.29) is 19.0 Å². The van der Waals surface area contributed by atoms with Crippen LogP contribution in [0.25, 0.3) is 0 Å². The summed E-state index contributed by atoms with van der Waals surface area (Å²) in [6.45, 7) is 2.74. The predicted molar refractivity (Wildman–Crippen MR) is 91.7 cm³/mol. The zero-order valence-electron chi connectivity index (χ0n) is 13.5. The third-order valence-corrected chi connectivity index (χ3v) is 6.23. The molecular formula is C15H20N2O5S2. The molecule has 1 N–H and O–H groups in total. The summed E-state index contributed by atoms with van der Waals surface area (Å²) in [5.41, 5.74) is 0.448. The van der Waals surface area contributed by atoms with Crippen molar-refractivity contribution in [3.05, 3.63) is 29.8 Å². The number of sulfonamides is 1. The second kappa shape index (κ2) is 7.54. The van der Waals surface area contributed by atoms with Crippen LogP contribution in [0.4, 0.5) is 0 Å². The van der Waals surface area contributed by atoms with Crippen molar-refractivity contribution in [3.8, 4) is 0 Å². The summed E-state index contributed by atoms with van der Waals surface area (Å²) in [4.78, 5) is 26.0. The highest BCUT2D eigenvalue weighted by Gasteiger charge is 2.28. The molecule has 1 unspecified atom stereocenters. The Labute approximate surface area is 145 Å². The van der Waals surface area contributed by atoms with Crippen LogP contribution in [0.1, 0.15) is 17.3 Å². The van der Waals surface area contributed by atoms with Crippen LogP contribution in [0.3, 0.4) is 0 Å². The zero-order valence-corrected chi connectivity index (χ0v) is 15.1.